The Bertz CT molecular complexity index is 1620. The second-order valence-corrected chi connectivity index (χ2v) is 9.11. The van der Waals surface area contributed by atoms with Gasteiger partial charge in [-0.3, -0.25) is 23.6 Å². The third-order valence-electron chi connectivity index (χ3n) is 5.65. The van der Waals surface area contributed by atoms with Crippen LogP contribution in [0.3, 0.4) is 0 Å². The number of aryl methyl sites for hydroxylation is 2. The van der Waals surface area contributed by atoms with E-state index in [2.05, 4.69) is 25.6 Å². The van der Waals surface area contributed by atoms with Gasteiger partial charge in [-0.15, -0.1) is 11.3 Å². The Morgan fingerprint density at radius 3 is 2.62 bits per heavy atom. The Morgan fingerprint density at radius 2 is 1.97 bits per heavy atom. The molecule has 0 saturated heterocycles. The molecule has 0 saturated carbocycles. The third-order valence-corrected chi connectivity index (χ3v) is 6.75. The molecule has 0 aliphatic carbocycles. The molecule has 3 N–H and O–H groups in total. The molecule has 0 spiro atoms. The molecule has 0 aliphatic heterocycles. The highest BCUT2D eigenvalue weighted by molar-refractivity contribution is 7.21. The normalized spacial score (nSPS) is 11.5. The van der Waals surface area contributed by atoms with Gasteiger partial charge < -0.3 is 11.1 Å². The van der Waals surface area contributed by atoms with E-state index in [-0.39, 0.29) is 21.1 Å². The van der Waals surface area contributed by atoms with E-state index in [0.29, 0.717) is 35.4 Å². The summed E-state index contributed by atoms with van der Waals surface area (Å²) in [5.41, 5.74) is 6.85. The lowest BCUT2D eigenvalue weighted by atomic mass is 10.0. The van der Waals surface area contributed by atoms with Crippen LogP contribution in [-0.4, -0.2) is 46.1 Å². The van der Waals surface area contributed by atoms with Gasteiger partial charge >= 0.3 is 0 Å². The molecular formula is C23H21F2N9O2S. The number of pyridine rings is 1. The van der Waals surface area contributed by atoms with Gasteiger partial charge in [-0.25, -0.2) is 13.8 Å². The fraction of sp³-hybridized carbons (Fsp3) is 0.217. The molecule has 5 rings (SSSR count). The van der Waals surface area contributed by atoms with E-state index in [1.807, 2.05) is 6.92 Å². The predicted molar refractivity (Wildman–Crippen MR) is 133 cm³/mol. The highest BCUT2D eigenvalue weighted by Crippen LogP contribution is 2.43. The van der Waals surface area contributed by atoms with Gasteiger partial charge in [0.15, 0.2) is 5.69 Å². The number of primary amides is 1. The van der Waals surface area contributed by atoms with Gasteiger partial charge in [0.05, 0.1) is 11.4 Å². The first-order valence-corrected chi connectivity index (χ1v) is 12.0. The Labute approximate surface area is 212 Å². The number of rotatable bonds is 8. The Morgan fingerprint density at radius 1 is 1.16 bits per heavy atom. The average Bonchev–Trinajstić information content (AvgIpc) is 3.66. The number of hydrogen-bond acceptors (Lipinski definition) is 7. The fourth-order valence-electron chi connectivity index (χ4n) is 3.95. The second-order valence-electron chi connectivity index (χ2n) is 8.11. The lowest BCUT2D eigenvalue weighted by Crippen LogP contribution is -2.18. The minimum absolute atomic E-state index is 0.0139. The van der Waals surface area contributed by atoms with E-state index in [1.165, 1.54) is 16.8 Å². The number of nitrogens with zero attached hydrogens (tertiary/aromatic N) is 7. The van der Waals surface area contributed by atoms with E-state index < -0.39 is 23.9 Å². The van der Waals surface area contributed by atoms with E-state index in [9.17, 15) is 18.4 Å². The lowest BCUT2D eigenvalue weighted by molar-refractivity contribution is 0.100. The molecule has 5 aromatic heterocycles. The molecule has 0 unspecified atom stereocenters. The first-order chi connectivity index (χ1) is 17.7. The Kier molecular flexibility index (Phi) is 6.25. The van der Waals surface area contributed by atoms with Crippen molar-refractivity contribution < 1.29 is 18.4 Å². The van der Waals surface area contributed by atoms with E-state index in [4.69, 9.17) is 5.73 Å². The van der Waals surface area contributed by atoms with Gasteiger partial charge in [0.25, 0.3) is 18.2 Å². The van der Waals surface area contributed by atoms with Crippen molar-refractivity contribution in [3.8, 4) is 11.1 Å². The maximum absolute atomic E-state index is 13.7. The van der Waals surface area contributed by atoms with Crippen LogP contribution in [0.25, 0.3) is 21.3 Å². The van der Waals surface area contributed by atoms with Gasteiger partial charge in [0.1, 0.15) is 22.1 Å². The lowest BCUT2D eigenvalue weighted by Gasteiger charge is -2.10. The number of amides is 2. The minimum Gasteiger partial charge on any atom is -0.365 e. The largest absolute Gasteiger partial charge is 0.365 e. The monoisotopic (exact) mass is 525 g/mol. The van der Waals surface area contributed by atoms with E-state index in [0.717, 1.165) is 11.3 Å². The molecule has 0 bridgehead atoms. The molecule has 0 aromatic carbocycles. The average molecular weight is 526 g/mol. The molecule has 5 aromatic rings. The molecule has 2 amide bonds. The number of carbonyl (C=O) groups excluding carboxylic acids is 2. The van der Waals surface area contributed by atoms with Crippen molar-refractivity contribution in [1.29, 1.82) is 0 Å². The molecule has 5 heterocycles. The van der Waals surface area contributed by atoms with Crippen LogP contribution < -0.4 is 11.1 Å². The summed E-state index contributed by atoms with van der Waals surface area (Å²) < 4.78 is 32.3. The Hall–Kier alpha value is -4.46. The number of alkyl halides is 2. The van der Waals surface area contributed by atoms with Crippen molar-refractivity contribution in [2.75, 3.05) is 5.32 Å². The van der Waals surface area contributed by atoms with Crippen molar-refractivity contribution in [3.63, 3.8) is 0 Å². The molecule has 37 heavy (non-hydrogen) atoms. The minimum atomic E-state index is -2.85. The summed E-state index contributed by atoms with van der Waals surface area (Å²) in [5.74, 6) is -1.43. The summed E-state index contributed by atoms with van der Waals surface area (Å²) >= 11 is 0.838. The first-order valence-electron chi connectivity index (χ1n) is 11.2. The maximum Gasteiger partial charge on any atom is 0.280 e. The number of nitrogens with one attached hydrogen (secondary N) is 1. The quantitative estimate of drug-likeness (QED) is 0.317. The van der Waals surface area contributed by atoms with Gasteiger partial charge in [-0.2, -0.15) is 15.3 Å². The zero-order valence-corrected chi connectivity index (χ0v) is 20.5. The maximum atomic E-state index is 13.7. The summed E-state index contributed by atoms with van der Waals surface area (Å²) in [6.45, 7) is 4.51. The predicted octanol–water partition coefficient (Wildman–Crippen LogP) is 3.68. The SMILES string of the molecule is CCn1cc(-c2cc(C(F)F)nc3sc(C(N)=O)c(NC(=O)c4ccn(Cn5cccn5)n4)c23)c(C)n1. The molecular weight excluding hydrogens is 504 g/mol. The number of fused-ring (bicyclic) bond motifs is 1. The van der Waals surface area contributed by atoms with Crippen LogP contribution in [-0.2, 0) is 13.2 Å². The number of thiophene rings is 1. The number of nitrogens with two attached hydrogens (primary N) is 1. The van der Waals surface area contributed by atoms with Gasteiger partial charge in [-0.05, 0) is 37.6 Å². The zero-order chi connectivity index (χ0) is 26.3. The number of aromatic nitrogens is 7. The van der Waals surface area contributed by atoms with Crippen LogP contribution in [0.5, 0.6) is 0 Å². The summed E-state index contributed by atoms with van der Waals surface area (Å²) in [5, 5.41) is 15.8. The highest BCUT2D eigenvalue weighted by atomic mass is 32.1. The van der Waals surface area contributed by atoms with Crippen LogP contribution >= 0.6 is 11.3 Å². The van der Waals surface area contributed by atoms with Crippen LogP contribution in [0.15, 0.2) is 43.0 Å². The van der Waals surface area contributed by atoms with Crippen molar-refractivity contribution >= 4 is 39.1 Å². The first kappa shape index (κ1) is 24.2. The molecule has 0 radical (unpaired) electrons. The summed E-state index contributed by atoms with van der Waals surface area (Å²) in [7, 11) is 0. The third kappa shape index (κ3) is 4.58. The molecule has 14 heteroatoms. The summed E-state index contributed by atoms with van der Waals surface area (Å²) in [6.07, 6.45) is 3.87. The van der Waals surface area contributed by atoms with Crippen LogP contribution in [0.2, 0.25) is 0 Å². The summed E-state index contributed by atoms with van der Waals surface area (Å²) in [4.78, 5) is 29.7. The smallest absolute Gasteiger partial charge is 0.280 e. The Balaban J connectivity index is 1.61. The zero-order valence-electron chi connectivity index (χ0n) is 19.7. The standard InChI is InChI=1S/C23H21F2N9O2S/c1-3-32-10-14(12(2)30-32)13-9-16(20(24)25)28-23-17(13)18(19(37-23)21(26)35)29-22(36)15-5-8-34(31-15)11-33-7-4-6-27-33/h4-10,20H,3,11H2,1-2H3,(H2,26,35)(H,29,36). The van der Waals surface area contributed by atoms with Crippen molar-refractivity contribution in [1.82, 2.24) is 34.3 Å². The van der Waals surface area contributed by atoms with E-state index >= 15 is 0 Å². The molecule has 190 valence electrons. The van der Waals surface area contributed by atoms with Gasteiger partial charge in [0, 0.05) is 42.3 Å². The van der Waals surface area contributed by atoms with Gasteiger partial charge in [0.2, 0.25) is 0 Å². The molecule has 0 fully saturated rings. The number of hydrogen-bond donors (Lipinski definition) is 2. The van der Waals surface area contributed by atoms with Crippen molar-refractivity contribution in [2.24, 2.45) is 5.73 Å². The molecule has 0 aliphatic rings. The number of anilines is 1. The molecule has 11 nitrogen and oxygen atoms in total. The number of halogens is 2. The fourth-order valence-corrected chi connectivity index (χ4v) is 4.96. The van der Waals surface area contributed by atoms with E-state index in [1.54, 1.807) is 47.1 Å². The van der Waals surface area contributed by atoms with Crippen LogP contribution in [0, 0.1) is 6.92 Å². The second kappa shape index (κ2) is 9.54. The molecule has 0 atom stereocenters. The van der Waals surface area contributed by atoms with Crippen LogP contribution in [0.1, 0.15) is 44.9 Å². The van der Waals surface area contributed by atoms with Gasteiger partial charge in [-0.1, -0.05) is 0 Å². The summed E-state index contributed by atoms with van der Waals surface area (Å²) in [6, 6.07) is 4.53. The number of carbonyl (C=O) groups is 2. The van der Waals surface area contributed by atoms with Crippen molar-refractivity contribution in [3.05, 3.63) is 64.9 Å². The van der Waals surface area contributed by atoms with Crippen LogP contribution in [0.4, 0.5) is 14.5 Å². The van der Waals surface area contributed by atoms with Crippen molar-refractivity contribution in [2.45, 2.75) is 33.5 Å². The highest BCUT2D eigenvalue weighted by Gasteiger charge is 2.26. The topological polar surface area (TPSA) is 139 Å².